The summed E-state index contributed by atoms with van der Waals surface area (Å²) in [7, 11) is 3.24. The maximum Gasteiger partial charge on any atom is 0.678 e. The average molecular weight is 196 g/mol. The lowest BCUT2D eigenvalue weighted by Gasteiger charge is -2.22. The summed E-state index contributed by atoms with van der Waals surface area (Å²) >= 11 is 0. The minimum absolute atomic E-state index is 0.401. The minimum atomic E-state index is -2.83. The zero-order chi connectivity index (χ0) is 9.45. The van der Waals surface area contributed by atoms with Gasteiger partial charge in [0, 0.05) is 28.4 Å². The van der Waals surface area contributed by atoms with Gasteiger partial charge in [-0.15, -0.1) is 0 Å². The van der Waals surface area contributed by atoms with Crippen LogP contribution in [0.25, 0.3) is 0 Å². The molecule has 0 bridgehead atoms. The van der Waals surface area contributed by atoms with E-state index < -0.39 is 9.05 Å². The maximum atomic E-state index is 5.26. The Bertz CT molecular complexity index is 97.8. The molecular formula is C6H16O5Si. The molecule has 12 heavy (non-hydrogen) atoms. The Kier molecular flexibility index (Phi) is 6.53. The highest BCUT2D eigenvalue weighted by molar-refractivity contribution is 6.53. The molecule has 0 amide bonds. The van der Waals surface area contributed by atoms with Crippen LogP contribution >= 0.6 is 0 Å². The Balaban J connectivity index is 3.76. The Labute approximate surface area is 74.0 Å². The highest BCUT2D eigenvalue weighted by Gasteiger charge is 2.41. The molecule has 0 aliphatic heterocycles. The second-order valence-electron chi connectivity index (χ2n) is 1.95. The van der Waals surface area contributed by atoms with Gasteiger partial charge >= 0.3 is 9.05 Å². The van der Waals surface area contributed by atoms with Crippen LogP contribution in [0, 0.1) is 0 Å². The molecule has 0 saturated carbocycles. The molecule has 0 aromatic carbocycles. The third-order valence-electron chi connectivity index (χ3n) is 1.32. The second-order valence-corrected chi connectivity index (χ2v) is 4.47. The van der Waals surface area contributed by atoms with Crippen molar-refractivity contribution < 1.29 is 22.4 Å². The fourth-order valence-electron chi connectivity index (χ4n) is 0.677. The lowest BCUT2D eigenvalue weighted by molar-refractivity contribution is -0.00671. The third-order valence-corrected chi connectivity index (χ3v) is 3.37. The van der Waals surface area contributed by atoms with E-state index in [1.54, 1.807) is 7.11 Å². The van der Waals surface area contributed by atoms with Crippen molar-refractivity contribution in [2.75, 3.05) is 41.7 Å². The first-order chi connectivity index (χ1) is 5.74. The van der Waals surface area contributed by atoms with Gasteiger partial charge in [0.25, 0.3) is 0 Å². The second kappa shape index (κ2) is 6.52. The summed E-state index contributed by atoms with van der Waals surface area (Å²) in [5.41, 5.74) is 0. The van der Waals surface area contributed by atoms with Gasteiger partial charge in [-0.1, -0.05) is 0 Å². The highest BCUT2D eigenvalue weighted by atomic mass is 28.4. The van der Waals surface area contributed by atoms with Crippen LogP contribution in [0.2, 0.25) is 0 Å². The van der Waals surface area contributed by atoms with E-state index >= 15 is 0 Å². The van der Waals surface area contributed by atoms with Crippen LogP contribution in [0.1, 0.15) is 0 Å². The standard InChI is InChI=1S/C6H16O5Si/c1-7-5-6-11-12(8-2,9-3)10-4/h5-6H2,1-4H3. The molecule has 0 fully saturated rings. The van der Waals surface area contributed by atoms with Crippen LogP contribution in [-0.4, -0.2) is 50.7 Å². The van der Waals surface area contributed by atoms with Crippen molar-refractivity contribution in [1.29, 1.82) is 0 Å². The van der Waals surface area contributed by atoms with E-state index in [4.69, 9.17) is 22.4 Å². The van der Waals surface area contributed by atoms with Crippen molar-refractivity contribution >= 4 is 9.05 Å². The molecule has 0 heterocycles. The molecule has 0 aliphatic rings. The molecule has 74 valence electrons. The van der Waals surface area contributed by atoms with Crippen LogP contribution < -0.4 is 0 Å². The molecule has 0 unspecified atom stereocenters. The normalized spacial score (nSPS) is 12.0. The SMILES string of the molecule is COCCO[Si](OC)(OC)OC. The van der Waals surface area contributed by atoms with Crippen molar-refractivity contribution in [3.8, 4) is 0 Å². The van der Waals surface area contributed by atoms with Gasteiger partial charge in [0.1, 0.15) is 0 Å². The summed E-state index contributed by atoms with van der Waals surface area (Å²) in [6.45, 7) is 0.892. The van der Waals surface area contributed by atoms with Crippen LogP contribution in [0.3, 0.4) is 0 Å². The van der Waals surface area contributed by atoms with E-state index in [0.717, 1.165) is 0 Å². The largest absolute Gasteiger partial charge is 0.678 e. The van der Waals surface area contributed by atoms with E-state index in [1.165, 1.54) is 21.3 Å². The molecule has 5 nitrogen and oxygen atoms in total. The van der Waals surface area contributed by atoms with Gasteiger partial charge in [-0.2, -0.15) is 0 Å². The molecular weight excluding hydrogens is 180 g/mol. The summed E-state index contributed by atoms with van der Waals surface area (Å²) in [5.74, 6) is 0. The number of hydrogen-bond donors (Lipinski definition) is 0. The smallest absolute Gasteiger partial charge is 0.382 e. The fourth-order valence-corrected chi connectivity index (χ4v) is 1.86. The first-order valence-electron chi connectivity index (χ1n) is 3.53. The van der Waals surface area contributed by atoms with E-state index in [-0.39, 0.29) is 0 Å². The fraction of sp³-hybridized carbons (Fsp3) is 1.00. The Morgan fingerprint density at radius 3 is 1.67 bits per heavy atom. The van der Waals surface area contributed by atoms with Crippen molar-refractivity contribution in [2.45, 2.75) is 0 Å². The van der Waals surface area contributed by atoms with Crippen molar-refractivity contribution in [1.82, 2.24) is 0 Å². The van der Waals surface area contributed by atoms with E-state index in [9.17, 15) is 0 Å². The monoisotopic (exact) mass is 196 g/mol. The number of hydrogen-bond acceptors (Lipinski definition) is 5. The van der Waals surface area contributed by atoms with Gasteiger partial charge < -0.3 is 22.4 Å². The molecule has 0 aromatic rings. The van der Waals surface area contributed by atoms with Crippen molar-refractivity contribution in [3.05, 3.63) is 0 Å². The highest BCUT2D eigenvalue weighted by Crippen LogP contribution is 2.06. The molecule has 0 saturated heterocycles. The summed E-state index contributed by atoms with van der Waals surface area (Å²) < 4.78 is 25.1. The van der Waals surface area contributed by atoms with Gasteiger partial charge in [0.2, 0.25) is 0 Å². The quantitative estimate of drug-likeness (QED) is 0.424. The summed E-state index contributed by atoms with van der Waals surface area (Å²) in [5, 5.41) is 0. The lowest BCUT2D eigenvalue weighted by Crippen LogP contribution is -2.47. The van der Waals surface area contributed by atoms with Crippen LogP contribution in [-0.2, 0) is 22.4 Å². The van der Waals surface area contributed by atoms with Crippen molar-refractivity contribution in [2.24, 2.45) is 0 Å². The van der Waals surface area contributed by atoms with Gasteiger partial charge in [0.15, 0.2) is 0 Å². The average Bonchev–Trinajstić information content (AvgIpc) is 2.14. The predicted molar refractivity (Wildman–Crippen MR) is 44.6 cm³/mol. The minimum Gasteiger partial charge on any atom is -0.382 e. The van der Waals surface area contributed by atoms with Crippen LogP contribution in [0.5, 0.6) is 0 Å². The zero-order valence-electron chi connectivity index (χ0n) is 7.96. The molecule has 0 aliphatic carbocycles. The molecule has 0 atom stereocenters. The molecule has 0 rings (SSSR count). The molecule has 0 radical (unpaired) electrons. The lowest BCUT2D eigenvalue weighted by atomic mass is 10.8. The third kappa shape index (κ3) is 3.61. The predicted octanol–water partition coefficient (Wildman–Crippen LogP) is 0.0242. The maximum absolute atomic E-state index is 5.26. The van der Waals surface area contributed by atoms with Crippen LogP contribution in [0.15, 0.2) is 0 Å². The van der Waals surface area contributed by atoms with Gasteiger partial charge in [-0.3, -0.25) is 0 Å². The molecule has 0 N–H and O–H groups in total. The van der Waals surface area contributed by atoms with Crippen molar-refractivity contribution in [3.63, 3.8) is 0 Å². The zero-order valence-corrected chi connectivity index (χ0v) is 8.96. The van der Waals surface area contributed by atoms with Gasteiger partial charge in [-0.25, -0.2) is 0 Å². The number of ether oxygens (including phenoxy) is 1. The van der Waals surface area contributed by atoms with E-state index in [2.05, 4.69) is 0 Å². The molecule has 0 aromatic heterocycles. The molecule has 0 spiro atoms. The summed E-state index contributed by atoms with van der Waals surface area (Å²) in [4.78, 5) is 0. The summed E-state index contributed by atoms with van der Waals surface area (Å²) in [6.07, 6.45) is 0. The van der Waals surface area contributed by atoms with Gasteiger partial charge in [0.05, 0.1) is 13.2 Å². The Morgan fingerprint density at radius 1 is 0.833 bits per heavy atom. The van der Waals surface area contributed by atoms with Gasteiger partial charge in [-0.05, 0) is 0 Å². The topological polar surface area (TPSA) is 46.2 Å². The summed E-state index contributed by atoms with van der Waals surface area (Å²) in [6, 6.07) is 0. The van der Waals surface area contributed by atoms with E-state index in [0.29, 0.717) is 13.2 Å². The Morgan fingerprint density at radius 2 is 1.33 bits per heavy atom. The number of rotatable bonds is 7. The molecule has 6 heteroatoms. The van der Waals surface area contributed by atoms with Crippen LogP contribution in [0.4, 0.5) is 0 Å². The Hall–Kier alpha value is 0.0169. The first-order valence-corrected chi connectivity index (χ1v) is 5.16. The first kappa shape index (κ1) is 12.0. The van der Waals surface area contributed by atoms with E-state index in [1.807, 2.05) is 0 Å². The number of methoxy groups -OCH3 is 1.